The summed E-state index contributed by atoms with van der Waals surface area (Å²) < 4.78 is 39.3. The zero-order chi connectivity index (χ0) is 24.4. The first-order valence-corrected chi connectivity index (χ1v) is 11.5. The number of hydrogen-bond donors (Lipinski definition) is 1. The van der Waals surface area contributed by atoms with Crippen LogP contribution in [0.4, 0.5) is 19.0 Å². The number of halogens is 3. The molecule has 2 saturated heterocycles. The average molecular weight is 480 g/mol. The number of nitrogens with zero attached hydrogens (tertiary/aromatic N) is 7. The van der Waals surface area contributed by atoms with Crippen LogP contribution in [0.5, 0.6) is 0 Å². The lowest BCUT2D eigenvalue weighted by atomic mass is 9.79. The molecule has 1 aromatic carbocycles. The molecule has 0 unspecified atom stereocenters. The molecule has 4 aromatic rings. The molecule has 0 atom stereocenters. The molecule has 35 heavy (non-hydrogen) atoms. The topological polar surface area (TPSA) is 89.7 Å². The van der Waals surface area contributed by atoms with Crippen LogP contribution in [-0.4, -0.2) is 62.0 Å². The van der Waals surface area contributed by atoms with Crippen molar-refractivity contribution in [3.63, 3.8) is 0 Å². The Kier molecular flexibility index (Phi) is 4.79. The quantitative estimate of drug-likeness (QED) is 0.479. The summed E-state index contributed by atoms with van der Waals surface area (Å²) in [5.41, 5.74) is 4.42. The second kappa shape index (κ2) is 7.68. The minimum absolute atomic E-state index is 0.152. The number of nitrogens with one attached hydrogen (secondary N) is 1. The number of aromatic amines is 1. The number of alkyl halides is 3. The molecule has 2 aliphatic heterocycles. The molecule has 8 nitrogen and oxygen atoms in total. The van der Waals surface area contributed by atoms with Gasteiger partial charge in [0.25, 0.3) is 0 Å². The van der Waals surface area contributed by atoms with Crippen molar-refractivity contribution in [2.45, 2.75) is 32.6 Å². The molecule has 5 heterocycles. The fourth-order valence-electron chi connectivity index (χ4n) is 5.59. The maximum Gasteiger partial charge on any atom is 0.408 e. The summed E-state index contributed by atoms with van der Waals surface area (Å²) in [5.74, 6) is 0.648. The Hall–Kier alpha value is -3.65. The molecule has 6 rings (SSSR count). The number of likely N-dealkylation sites (tertiary alicyclic amines) is 1. The number of benzene rings is 1. The summed E-state index contributed by atoms with van der Waals surface area (Å²) in [6.07, 6.45) is -0.519. The summed E-state index contributed by atoms with van der Waals surface area (Å²) in [4.78, 5) is 16.1. The van der Waals surface area contributed by atoms with Crippen molar-refractivity contribution < 1.29 is 13.2 Å². The van der Waals surface area contributed by atoms with Gasteiger partial charge in [-0.25, -0.2) is 9.97 Å². The van der Waals surface area contributed by atoms with Crippen molar-refractivity contribution in [1.29, 1.82) is 5.26 Å². The van der Waals surface area contributed by atoms with E-state index in [2.05, 4.69) is 48.9 Å². The fourth-order valence-corrected chi connectivity index (χ4v) is 5.59. The van der Waals surface area contributed by atoms with Gasteiger partial charge in [0.15, 0.2) is 5.65 Å². The van der Waals surface area contributed by atoms with Crippen LogP contribution < -0.4 is 4.90 Å². The average Bonchev–Trinajstić information content (AvgIpc) is 3.49. The molecule has 180 valence electrons. The number of rotatable bonds is 4. The van der Waals surface area contributed by atoms with Gasteiger partial charge in [-0.05, 0) is 43.1 Å². The van der Waals surface area contributed by atoms with Crippen LogP contribution in [-0.2, 0) is 13.1 Å². The molecule has 0 aliphatic carbocycles. The molecule has 0 bridgehead atoms. The fraction of sp³-hybridized carbons (Fsp3) is 0.417. The number of aryl methyl sites for hydroxylation is 1. The van der Waals surface area contributed by atoms with E-state index in [0.29, 0.717) is 16.9 Å². The van der Waals surface area contributed by atoms with Crippen LogP contribution in [0, 0.1) is 23.7 Å². The number of fused-ring (bicyclic) bond motifs is 2. The van der Waals surface area contributed by atoms with E-state index in [9.17, 15) is 18.4 Å². The van der Waals surface area contributed by atoms with Crippen LogP contribution in [0.2, 0.25) is 0 Å². The van der Waals surface area contributed by atoms with Gasteiger partial charge in [0.2, 0.25) is 0 Å². The van der Waals surface area contributed by atoms with Gasteiger partial charge in [-0.15, -0.1) is 0 Å². The molecule has 0 radical (unpaired) electrons. The Morgan fingerprint density at radius 1 is 1.17 bits per heavy atom. The largest absolute Gasteiger partial charge is 0.408 e. The zero-order valence-corrected chi connectivity index (χ0v) is 19.1. The van der Waals surface area contributed by atoms with Crippen LogP contribution in [0.3, 0.4) is 0 Å². The number of anilines is 1. The molecule has 2 fully saturated rings. The standard InChI is InChI=1S/C24H23F3N8/c1-15-16(2-3-20-18(15)6-17(7-28)31-20)8-33-5-4-23(10-33)11-34(12-23)22-19-9-35(13-24(25,26)27)32-21(19)29-14-30-22/h2-3,6,9,14,31H,4-5,8,10-13H2,1H3. The summed E-state index contributed by atoms with van der Waals surface area (Å²) >= 11 is 0. The van der Waals surface area contributed by atoms with Crippen molar-refractivity contribution in [2.75, 3.05) is 31.1 Å². The van der Waals surface area contributed by atoms with Gasteiger partial charge < -0.3 is 9.88 Å². The predicted molar refractivity (Wildman–Crippen MR) is 124 cm³/mol. The Morgan fingerprint density at radius 2 is 2.00 bits per heavy atom. The summed E-state index contributed by atoms with van der Waals surface area (Å²) in [7, 11) is 0. The molecule has 1 N–H and O–H groups in total. The Morgan fingerprint density at radius 3 is 2.77 bits per heavy atom. The lowest BCUT2D eigenvalue weighted by Crippen LogP contribution is -2.58. The van der Waals surface area contributed by atoms with E-state index in [1.165, 1.54) is 23.7 Å². The van der Waals surface area contributed by atoms with E-state index in [1.54, 1.807) is 0 Å². The highest BCUT2D eigenvalue weighted by Gasteiger charge is 2.48. The molecule has 0 amide bonds. The second-order valence-electron chi connectivity index (χ2n) is 9.80. The number of nitriles is 1. The van der Waals surface area contributed by atoms with Crippen molar-refractivity contribution in [1.82, 2.24) is 29.6 Å². The summed E-state index contributed by atoms with van der Waals surface area (Å²) in [6, 6.07) is 8.24. The number of H-pyrrole nitrogens is 1. The first kappa shape index (κ1) is 21.9. The maximum atomic E-state index is 12.8. The molecule has 11 heteroatoms. The molecular weight excluding hydrogens is 457 g/mol. The minimum atomic E-state index is -4.34. The second-order valence-corrected chi connectivity index (χ2v) is 9.80. The first-order chi connectivity index (χ1) is 16.7. The molecule has 2 aliphatic rings. The van der Waals surface area contributed by atoms with Crippen LogP contribution in [0.15, 0.2) is 30.7 Å². The first-order valence-electron chi connectivity index (χ1n) is 11.5. The van der Waals surface area contributed by atoms with Crippen LogP contribution in [0.25, 0.3) is 21.9 Å². The normalized spacial score (nSPS) is 18.0. The van der Waals surface area contributed by atoms with Crippen molar-refractivity contribution >= 4 is 27.8 Å². The smallest absolute Gasteiger partial charge is 0.355 e. The molecule has 3 aromatic heterocycles. The van der Waals surface area contributed by atoms with Gasteiger partial charge >= 0.3 is 6.18 Å². The number of aromatic nitrogens is 5. The van der Waals surface area contributed by atoms with Gasteiger partial charge in [-0.1, -0.05) is 6.07 Å². The van der Waals surface area contributed by atoms with E-state index in [0.717, 1.165) is 54.7 Å². The third-order valence-electron chi connectivity index (χ3n) is 7.25. The summed E-state index contributed by atoms with van der Waals surface area (Å²) in [5, 5.41) is 14.8. The van der Waals surface area contributed by atoms with E-state index in [-0.39, 0.29) is 11.1 Å². The molecule has 1 spiro atoms. The highest BCUT2D eigenvalue weighted by Crippen LogP contribution is 2.43. The van der Waals surface area contributed by atoms with Gasteiger partial charge in [-0.2, -0.15) is 23.5 Å². The van der Waals surface area contributed by atoms with Gasteiger partial charge in [0, 0.05) is 48.7 Å². The van der Waals surface area contributed by atoms with Crippen molar-refractivity contribution in [3.05, 3.63) is 47.5 Å². The van der Waals surface area contributed by atoms with E-state index in [4.69, 9.17) is 0 Å². The van der Waals surface area contributed by atoms with Crippen molar-refractivity contribution in [3.8, 4) is 6.07 Å². The Balaban J connectivity index is 1.15. The monoisotopic (exact) mass is 480 g/mol. The molecule has 0 saturated carbocycles. The van der Waals surface area contributed by atoms with Gasteiger partial charge in [0.05, 0.1) is 5.39 Å². The van der Waals surface area contributed by atoms with Crippen LogP contribution >= 0.6 is 0 Å². The van der Waals surface area contributed by atoms with Gasteiger partial charge in [-0.3, -0.25) is 9.58 Å². The SMILES string of the molecule is Cc1c(CN2CCC3(C2)CN(c2ncnc4nn(CC(F)(F)F)cc24)C3)ccc2[nH]c(C#N)cc12. The lowest BCUT2D eigenvalue weighted by Gasteiger charge is -2.49. The van der Waals surface area contributed by atoms with Gasteiger partial charge in [0.1, 0.15) is 30.5 Å². The highest BCUT2D eigenvalue weighted by atomic mass is 19.4. The number of hydrogen-bond acceptors (Lipinski definition) is 6. The predicted octanol–water partition coefficient (Wildman–Crippen LogP) is 3.76. The third kappa shape index (κ3) is 3.87. The third-order valence-corrected chi connectivity index (χ3v) is 7.25. The maximum absolute atomic E-state index is 12.8. The Labute approximate surface area is 199 Å². The Bertz CT molecular complexity index is 1470. The zero-order valence-electron chi connectivity index (χ0n) is 19.1. The summed E-state index contributed by atoms with van der Waals surface area (Å²) in [6.45, 7) is 5.36. The molecular formula is C24H23F3N8. The van der Waals surface area contributed by atoms with E-state index >= 15 is 0 Å². The van der Waals surface area contributed by atoms with E-state index in [1.807, 2.05) is 12.1 Å². The van der Waals surface area contributed by atoms with Crippen molar-refractivity contribution in [2.24, 2.45) is 5.41 Å². The lowest BCUT2D eigenvalue weighted by molar-refractivity contribution is -0.142. The van der Waals surface area contributed by atoms with Crippen LogP contribution in [0.1, 0.15) is 23.2 Å². The highest BCUT2D eigenvalue weighted by molar-refractivity contribution is 5.87. The van der Waals surface area contributed by atoms with E-state index < -0.39 is 12.7 Å². The minimum Gasteiger partial charge on any atom is -0.355 e.